The Balaban J connectivity index is 0.00000151. The van der Waals surface area contributed by atoms with E-state index in [2.05, 4.69) is 10.6 Å². The first-order valence-corrected chi connectivity index (χ1v) is 18.1. The summed E-state index contributed by atoms with van der Waals surface area (Å²) in [5.74, 6) is -7.09. The van der Waals surface area contributed by atoms with Crippen LogP contribution >= 0.6 is 0 Å². The number of hydrogen-bond donors (Lipinski definition) is 7. The van der Waals surface area contributed by atoms with Crippen molar-refractivity contribution in [2.75, 3.05) is 19.7 Å². The number of amides is 3. The lowest BCUT2D eigenvalue weighted by Crippen LogP contribution is -2.54. The molecular weight excluding hydrogens is 777 g/mol. The number of nitrogens with one attached hydrogen (secondary N) is 2. The van der Waals surface area contributed by atoms with Gasteiger partial charge in [-0.15, -0.1) is 0 Å². The van der Waals surface area contributed by atoms with Gasteiger partial charge in [0.25, 0.3) is 0 Å². The van der Waals surface area contributed by atoms with Gasteiger partial charge in [0.05, 0.1) is 17.8 Å². The highest BCUT2D eigenvalue weighted by Crippen LogP contribution is 2.39. The second-order valence-corrected chi connectivity index (χ2v) is 14.3. The normalized spacial score (nSPS) is 13.6. The molecule has 0 saturated heterocycles. The highest BCUT2D eigenvalue weighted by Gasteiger charge is 2.39. The number of carboxylic acids is 2. The highest BCUT2D eigenvalue weighted by molar-refractivity contribution is 5.91. The standard InChI is InChI=1S/C36H49F2N7O6.C2HF3O2/c1-22(33(48)43-28(35(50)51)12-8-9-16-39)41-34(49)27(40)15-17-45(30(47)21-46)31(36(2,3)4)32-42-29(25-18-24(37)13-14-26(25)38)20-44(32)19-23-10-6-5-7-11-23;3-2(4,5)1(6)7/h5-7,10-11,13-14,18,20,22,27-28,31,46H,8-9,12,15-17,19,21,39-40H2,1-4H3,(H,41,49)(H,43,48)(H,50,51);(H,6,7)/t22-,27+,28+,31+;/m1./s1. The van der Waals surface area contributed by atoms with Crippen LogP contribution in [0.4, 0.5) is 22.0 Å². The van der Waals surface area contributed by atoms with Gasteiger partial charge in [-0.3, -0.25) is 14.4 Å². The molecule has 3 rings (SSSR count). The number of aliphatic hydroxyl groups excluding tert-OH is 1. The molecule has 0 bridgehead atoms. The van der Waals surface area contributed by atoms with Gasteiger partial charge in [-0.25, -0.2) is 23.4 Å². The SMILES string of the molecule is C[C@@H](NC(=O)[C@@H](N)CCN(C(=O)CO)[C@@H](c1nc(-c2cc(F)ccc2F)cn1Cc1ccccc1)C(C)(C)C)C(=O)N[C@@H](CCCCN)C(=O)O.O=C(O)C(F)(F)F. The number of benzene rings is 2. The van der Waals surface area contributed by atoms with Gasteiger partial charge in [0.2, 0.25) is 17.7 Å². The molecule has 320 valence electrons. The predicted octanol–water partition coefficient (Wildman–Crippen LogP) is 3.34. The van der Waals surface area contributed by atoms with Gasteiger partial charge < -0.3 is 46.9 Å². The molecule has 1 aromatic heterocycles. The maximum Gasteiger partial charge on any atom is 0.490 e. The summed E-state index contributed by atoms with van der Waals surface area (Å²) in [7, 11) is 0. The number of aliphatic carboxylic acids is 2. The predicted molar refractivity (Wildman–Crippen MR) is 200 cm³/mol. The van der Waals surface area contributed by atoms with E-state index in [9.17, 15) is 51.3 Å². The highest BCUT2D eigenvalue weighted by atomic mass is 19.4. The van der Waals surface area contributed by atoms with Crippen molar-refractivity contribution in [3.63, 3.8) is 0 Å². The summed E-state index contributed by atoms with van der Waals surface area (Å²) >= 11 is 0. The number of carbonyl (C=O) groups excluding carboxylic acids is 3. The maximum atomic E-state index is 15.0. The monoisotopic (exact) mass is 827 g/mol. The average molecular weight is 828 g/mol. The van der Waals surface area contributed by atoms with Crippen molar-refractivity contribution in [3.8, 4) is 11.3 Å². The number of alkyl halides is 3. The molecule has 3 aromatic rings. The number of nitrogens with two attached hydrogens (primary N) is 2. The quantitative estimate of drug-likeness (QED) is 0.0725. The molecule has 2 aromatic carbocycles. The van der Waals surface area contributed by atoms with Crippen LogP contribution in [0.15, 0.2) is 54.7 Å². The van der Waals surface area contributed by atoms with Crippen molar-refractivity contribution in [2.45, 2.75) is 90.3 Å². The summed E-state index contributed by atoms with van der Waals surface area (Å²) < 4.78 is 62.7. The van der Waals surface area contributed by atoms with Crippen LogP contribution < -0.4 is 22.1 Å². The average Bonchev–Trinajstić information content (AvgIpc) is 3.54. The third-order valence-corrected chi connectivity index (χ3v) is 8.61. The number of aromatic nitrogens is 2. The maximum absolute atomic E-state index is 15.0. The fourth-order valence-electron chi connectivity index (χ4n) is 5.70. The Hall–Kier alpha value is -5.47. The van der Waals surface area contributed by atoms with Crippen LogP contribution in [0.25, 0.3) is 11.3 Å². The lowest BCUT2D eigenvalue weighted by molar-refractivity contribution is -0.192. The zero-order valence-corrected chi connectivity index (χ0v) is 32.4. The van der Waals surface area contributed by atoms with Crippen LogP contribution in [0, 0.1) is 17.0 Å². The fraction of sp³-hybridized carbons (Fsp3) is 0.474. The third-order valence-electron chi connectivity index (χ3n) is 8.61. The number of imidazole rings is 1. The first kappa shape index (κ1) is 48.7. The summed E-state index contributed by atoms with van der Waals surface area (Å²) in [6, 6.07) is 8.05. The molecule has 0 aliphatic heterocycles. The zero-order valence-electron chi connectivity index (χ0n) is 32.4. The minimum Gasteiger partial charge on any atom is -0.480 e. The van der Waals surface area contributed by atoms with E-state index in [1.54, 1.807) is 10.8 Å². The number of hydrogen-bond acceptors (Lipinski definition) is 9. The number of rotatable bonds is 18. The van der Waals surface area contributed by atoms with Crippen LogP contribution in [-0.4, -0.2) is 103 Å². The second kappa shape index (κ2) is 21.9. The van der Waals surface area contributed by atoms with Crippen LogP contribution in [-0.2, 0) is 30.5 Å². The summed E-state index contributed by atoms with van der Waals surface area (Å²) in [6.45, 7) is 6.61. The van der Waals surface area contributed by atoms with Crippen LogP contribution in [0.5, 0.6) is 0 Å². The topological polar surface area (TPSA) is 243 Å². The summed E-state index contributed by atoms with van der Waals surface area (Å²) in [6.07, 6.45) is -2.34. The van der Waals surface area contributed by atoms with Gasteiger partial charge in [0.1, 0.15) is 36.1 Å². The Kier molecular flexibility index (Phi) is 18.4. The van der Waals surface area contributed by atoms with Gasteiger partial charge in [0.15, 0.2) is 0 Å². The van der Waals surface area contributed by atoms with E-state index in [-0.39, 0.29) is 37.2 Å². The van der Waals surface area contributed by atoms with Gasteiger partial charge in [-0.2, -0.15) is 13.2 Å². The minimum absolute atomic E-state index is 0.0714. The van der Waals surface area contributed by atoms with Crippen LogP contribution in [0.3, 0.4) is 0 Å². The molecule has 0 aliphatic carbocycles. The van der Waals surface area contributed by atoms with Gasteiger partial charge >= 0.3 is 18.1 Å². The molecule has 0 unspecified atom stereocenters. The van der Waals surface area contributed by atoms with Gasteiger partial charge in [-0.1, -0.05) is 51.1 Å². The Morgan fingerprint density at radius 1 is 0.931 bits per heavy atom. The molecule has 15 nitrogen and oxygen atoms in total. The molecule has 0 radical (unpaired) electrons. The van der Waals surface area contributed by atoms with Gasteiger partial charge in [0, 0.05) is 24.8 Å². The van der Waals surface area contributed by atoms with Crippen molar-refractivity contribution in [2.24, 2.45) is 16.9 Å². The van der Waals surface area contributed by atoms with Crippen molar-refractivity contribution in [3.05, 3.63) is 77.8 Å². The molecule has 9 N–H and O–H groups in total. The molecule has 58 heavy (non-hydrogen) atoms. The Morgan fingerprint density at radius 2 is 1.55 bits per heavy atom. The molecular formula is C38H50F5N7O8. The van der Waals surface area contributed by atoms with Crippen molar-refractivity contribution >= 4 is 29.7 Å². The molecule has 1 heterocycles. The second-order valence-electron chi connectivity index (χ2n) is 14.3. The van der Waals surface area contributed by atoms with Crippen molar-refractivity contribution in [1.29, 1.82) is 0 Å². The first-order chi connectivity index (χ1) is 27.0. The summed E-state index contributed by atoms with van der Waals surface area (Å²) in [4.78, 5) is 65.8. The molecule has 0 saturated carbocycles. The third kappa shape index (κ3) is 14.8. The van der Waals surface area contributed by atoms with E-state index in [0.717, 1.165) is 23.8 Å². The largest absolute Gasteiger partial charge is 0.490 e. The summed E-state index contributed by atoms with van der Waals surface area (Å²) in [5.41, 5.74) is 11.9. The molecule has 3 amide bonds. The lowest BCUT2D eigenvalue weighted by atomic mass is 9.84. The Morgan fingerprint density at radius 3 is 2.09 bits per heavy atom. The zero-order chi connectivity index (χ0) is 44.0. The number of carbonyl (C=O) groups is 5. The lowest BCUT2D eigenvalue weighted by Gasteiger charge is -2.40. The number of aliphatic hydroxyl groups is 1. The molecule has 0 spiro atoms. The number of nitrogens with zero attached hydrogens (tertiary/aromatic N) is 3. The van der Waals surface area contributed by atoms with E-state index in [4.69, 9.17) is 26.4 Å². The van der Waals surface area contributed by atoms with Crippen LogP contribution in [0.1, 0.15) is 70.8 Å². The van der Waals surface area contributed by atoms with Gasteiger partial charge in [-0.05, 0) is 68.3 Å². The number of carboxylic acid groups (broad SMARTS) is 2. The first-order valence-electron chi connectivity index (χ1n) is 18.1. The summed E-state index contributed by atoms with van der Waals surface area (Å²) in [5, 5.41) is 31.6. The molecule has 4 atom stereocenters. The fourth-order valence-corrected chi connectivity index (χ4v) is 5.70. The molecule has 0 fully saturated rings. The number of halogens is 5. The number of unbranched alkanes of at least 4 members (excludes halogenated alkanes) is 1. The van der Waals surface area contributed by atoms with Crippen LogP contribution in [0.2, 0.25) is 0 Å². The van der Waals surface area contributed by atoms with Crippen molar-refractivity contribution < 1.29 is 61.2 Å². The van der Waals surface area contributed by atoms with E-state index in [1.165, 1.54) is 11.8 Å². The van der Waals surface area contributed by atoms with E-state index in [1.807, 2.05) is 51.1 Å². The molecule has 0 aliphatic rings. The molecule has 20 heteroatoms. The Bertz CT molecular complexity index is 1850. The van der Waals surface area contributed by atoms with E-state index in [0.29, 0.717) is 25.2 Å². The van der Waals surface area contributed by atoms with Crippen molar-refractivity contribution in [1.82, 2.24) is 25.1 Å². The smallest absolute Gasteiger partial charge is 0.480 e. The minimum atomic E-state index is -5.08. The Labute approximate surface area is 331 Å². The van der Waals surface area contributed by atoms with E-state index >= 15 is 0 Å². The van der Waals surface area contributed by atoms with E-state index < -0.39 is 83.7 Å².